The highest BCUT2D eigenvalue weighted by molar-refractivity contribution is 5.71. The van der Waals surface area contributed by atoms with Gasteiger partial charge in [-0.05, 0) is 19.9 Å². The van der Waals surface area contributed by atoms with Gasteiger partial charge in [-0.2, -0.15) is 0 Å². The smallest absolute Gasteiger partial charge is 0.344 e. The Morgan fingerprint density at radius 2 is 2.11 bits per heavy atom. The van der Waals surface area contributed by atoms with Gasteiger partial charge < -0.3 is 14.2 Å². The van der Waals surface area contributed by atoms with E-state index >= 15 is 0 Å². The summed E-state index contributed by atoms with van der Waals surface area (Å²) in [5, 5.41) is 10.8. The number of rotatable bonds is 6. The van der Waals surface area contributed by atoms with E-state index in [1.54, 1.807) is 13.8 Å². The van der Waals surface area contributed by atoms with E-state index in [4.69, 9.17) is 14.2 Å². The van der Waals surface area contributed by atoms with E-state index < -0.39 is 17.5 Å². The molecule has 0 heterocycles. The Morgan fingerprint density at radius 3 is 2.63 bits per heavy atom. The quantitative estimate of drug-likeness (QED) is 0.445. The molecule has 0 aliphatic heterocycles. The molecule has 0 aliphatic carbocycles. The first-order valence-corrected chi connectivity index (χ1v) is 5.58. The van der Waals surface area contributed by atoms with Crippen LogP contribution in [0.5, 0.6) is 11.5 Å². The van der Waals surface area contributed by atoms with Crippen molar-refractivity contribution in [1.29, 1.82) is 0 Å². The number of esters is 1. The first-order valence-electron chi connectivity index (χ1n) is 5.58. The molecule has 1 aromatic carbocycles. The standard InChI is InChI=1S/C12H15NO6/c1-8(2)19-12(14)7-18-11-6-9(17-3)4-5-10(11)13(15)16/h4-6,8H,7H2,1-3H3. The summed E-state index contributed by atoms with van der Waals surface area (Å²) < 4.78 is 14.9. The molecule has 0 amide bonds. The fraction of sp³-hybridized carbons (Fsp3) is 0.417. The van der Waals surface area contributed by atoms with Gasteiger partial charge in [0, 0.05) is 12.1 Å². The molecule has 0 aromatic heterocycles. The fourth-order valence-electron chi connectivity index (χ4n) is 1.32. The van der Waals surface area contributed by atoms with Gasteiger partial charge in [-0.25, -0.2) is 4.79 Å². The molecule has 7 heteroatoms. The molecule has 0 unspecified atom stereocenters. The zero-order valence-corrected chi connectivity index (χ0v) is 10.9. The van der Waals surface area contributed by atoms with Crippen LogP contribution in [0.25, 0.3) is 0 Å². The van der Waals surface area contributed by atoms with Crippen LogP contribution in [0, 0.1) is 10.1 Å². The topological polar surface area (TPSA) is 87.9 Å². The minimum atomic E-state index is -0.595. The minimum Gasteiger partial charge on any atom is -0.497 e. The SMILES string of the molecule is COc1ccc([N+](=O)[O-])c(OCC(=O)OC(C)C)c1. The lowest BCUT2D eigenvalue weighted by Gasteiger charge is -2.10. The van der Waals surface area contributed by atoms with Gasteiger partial charge >= 0.3 is 11.7 Å². The van der Waals surface area contributed by atoms with Crippen molar-refractivity contribution in [3.63, 3.8) is 0 Å². The van der Waals surface area contributed by atoms with Crippen molar-refractivity contribution in [2.45, 2.75) is 20.0 Å². The molecule has 0 N–H and O–H groups in total. The van der Waals surface area contributed by atoms with Crippen molar-refractivity contribution in [3.05, 3.63) is 28.3 Å². The molecular weight excluding hydrogens is 254 g/mol. The number of methoxy groups -OCH3 is 1. The van der Waals surface area contributed by atoms with E-state index in [1.807, 2.05) is 0 Å². The Balaban J connectivity index is 2.80. The summed E-state index contributed by atoms with van der Waals surface area (Å²) >= 11 is 0. The van der Waals surface area contributed by atoms with Gasteiger partial charge in [-0.1, -0.05) is 0 Å². The summed E-state index contributed by atoms with van der Waals surface area (Å²) in [5.74, 6) is -0.227. The second kappa shape index (κ2) is 6.58. The Labute approximate surface area is 110 Å². The van der Waals surface area contributed by atoms with E-state index in [-0.39, 0.29) is 17.5 Å². The van der Waals surface area contributed by atoms with Crippen LogP contribution in [0.2, 0.25) is 0 Å². The van der Waals surface area contributed by atoms with Crippen LogP contribution in [0.3, 0.4) is 0 Å². The number of nitrogens with zero attached hydrogens (tertiary/aromatic N) is 1. The number of hydrogen-bond donors (Lipinski definition) is 0. The van der Waals surface area contributed by atoms with Crippen LogP contribution < -0.4 is 9.47 Å². The molecule has 0 saturated heterocycles. The summed E-state index contributed by atoms with van der Waals surface area (Å²) in [6, 6.07) is 4.04. The second-order valence-electron chi connectivity index (χ2n) is 3.92. The predicted molar refractivity (Wildman–Crippen MR) is 66.4 cm³/mol. The van der Waals surface area contributed by atoms with E-state index in [1.165, 1.54) is 25.3 Å². The number of benzene rings is 1. The van der Waals surface area contributed by atoms with E-state index in [0.29, 0.717) is 5.75 Å². The molecule has 0 atom stereocenters. The summed E-state index contributed by atoms with van der Waals surface area (Å²) in [7, 11) is 1.43. The summed E-state index contributed by atoms with van der Waals surface area (Å²) in [4.78, 5) is 21.5. The largest absolute Gasteiger partial charge is 0.497 e. The van der Waals surface area contributed by atoms with Crippen molar-refractivity contribution >= 4 is 11.7 Å². The van der Waals surface area contributed by atoms with Gasteiger partial charge in [0.25, 0.3) is 0 Å². The Kier molecular flexibility index (Phi) is 5.11. The van der Waals surface area contributed by atoms with Crippen molar-refractivity contribution < 1.29 is 23.9 Å². The Bertz CT molecular complexity index is 471. The molecule has 0 saturated carbocycles. The lowest BCUT2D eigenvalue weighted by molar-refractivity contribution is -0.385. The third-order valence-electron chi connectivity index (χ3n) is 2.08. The van der Waals surface area contributed by atoms with Gasteiger partial charge in [-0.15, -0.1) is 0 Å². The summed E-state index contributed by atoms with van der Waals surface area (Å²) in [6.07, 6.45) is -0.267. The first kappa shape index (κ1) is 14.7. The van der Waals surface area contributed by atoms with E-state index in [0.717, 1.165) is 0 Å². The number of carbonyl (C=O) groups is 1. The first-order chi connectivity index (χ1) is 8.93. The van der Waals surface area contributed by atoms with Crippen molar-refractivity contribution in [2.75, 3.05) is 13.7 Å². The maximum atomic E-state index is 11.3. The number of nitro benzene ring substituents is 1. The molecule has 19 heavy (non-hydrogen) atoms. The van der Waals surface area contributed by atoms with Gasteiger partial charge in [0.15, 0.2) is 6.61 Å². The predicted octanol–water partition coefficient (Wildman–Crippen LogP) is 1.93. The lowest BCUT2D eigenvalue weighted by atomic mass is 10.3. The van der Waals surface area contributed by atoms with Crippen LogP contribution in [0.4, 0.5) is 5.69 Å². The molecule has 104 valence electrons. The van der Waals surface area contributed by atoms with Gasteiger partial charge in [-0.3, -0.25) is 10.1 Å². The van der Waals surface area contributed by atoms with E-state index in [2.05, 4.69) is 0 Å². The van der Waals surface area contributed by atoms with Gasteiger partial charge in [0.1, 0.15) is 5.75 Å². The van der Waals surface area contributed by atoms with Crippen molar-refractivity contribution in [1.82, 2.24) is 0 Å². The highest BCUT2D eigenvalue weighted by atomic mass is 16.6. The molecule has 0 radical (unpaired) electrons. The number of nitro groups is 1. The average Bonchev–Trinajstić information content (AvgIpc) is 2.34. The molecule has 7 nitrogen and oxygen atoms in total. The van der Waals surface area contributed by atoms with Crippen molar-refractivity contribution in [3.8, 4) is 11.5 Å². The molecule has 0 fully saturated rings. The monoisotopic (exact) mass is 269 g/mol. The normalized spacial score (nSPS) is 10.1. The summed E-state index contributed by atoms with van der Waals surface area (Å²) in [5.41, 5.74) is -0.238. The number of ether oxygens (including phenoxy) is 3. The number of hydrogen-bond acceptors (Lipinski definition) is 6. The average molecular weight is 269 g/mol. The maximum Gasteiger partial charge on any atom is 0.344 e. The minimum absolute atomic E-state index is 0.0370. The third-order valence-corrected chi connectivity index (χ3v) is 2.08. The maximum absolute atomic E-state index is 11.3. The second-order valence-corrected chi connectivity index (χ2v) is 3.92. The Morgan fingerprint density at radius 1 is 1.42 bits per heavy atom. The zero-order chi connectivity index (χ0) is 14.4. The third kappa shape index (κ3) is 4.46. The molecular formula is C12H15NO6. The lowest BCUT2D eigenvalue weighted by Crippen LogP contribution is -2.19. The van der Waals surface area contributed by atoms with Crippen molar-refractivity contribution in [2.24, 2.45) is 0 Å². The Hall–Kier alpha value is -2.31. The molecule has 0 aliphatic rings. The van der Waals surface area contributed by atoms with Gasteiger partial charge in [0.05, 0.1) is 18.1 Å². The van der Waals surface area contributed by atoms with Crippen LogP contribution in [0.15, 0.2) is 18.2 Å². The highest BCUT2D eigenvalue weighted by Crippen LogP contribution is 2.30. The fourth-order valence-corrected chi connectivity index (χ4v) is 1.32. The van der Waals surface area contributed by atoms with Crippen LogP contribution in [0.1, 0.15) is 13.8 Å². The summed E-state index contributed by atoms with van der Waals surface area (Å²) in [6.45, 7) is 3.00. The zero-order valence-electron chi connectivity index (χ0n) is 10.9. The van der Waals surface area contributed by atoms with Gasteiger partial charge in [0.2, 0.25) is 5.75 Å². The molecule has 0 bridgehead atoms. The number of carbonyl (C=O) groups excluding carboxylic acids is 1. The van der Waals surface area contributed by atoms with Crippen LogP contribution >= 0.6 is 0 Å². The van der Waals surface area contributed by atoms with Crippen LogP contribution in [-0.4, -0.2) is 30.7 Å². The van der Waals surface area contributed by atoms with Crippen LogP contribution in [-0.2, 0) is 9.53 Å². The molecule has 1 rings (SSSR count). The highest BCUT2D eigenvalue weighted by Gasteiger charge is 2.17. The molecule has 0 spiro atoms. The van der Waals surface area contributed by atoms with E-state index in [9.17, 15) is 14.9 Å². The molecule has 1 aromatic rings.